The summed E-state index contributed by atoms with van der Waals surface area (Å²) in [6.07, 6.45) is 6.35. The van der Waals surface area contributed by atoms with Crippen LogP contribution in [0.3, 0.4) is 0 Å². The molecule has 0 unspecified atom stereocenters. The topological polar surface area (TPSA) is 17.1 Å². The fourth-order valence-corrected chi connectivity index (χ4v) is 11.7. The van der Waals surface area contributed by atoms with Gasteiger partial charge in [-0.2, -0.15) is 0 Å². The van der Waals surface area contributed by atoms with E-state index >= 15 is 0 Å². The number of rotatable bonds is 5. The third-order valence-electron chi connectivity index (χ3n) is 2.64. The van der Waals surface area contributed by atoms with Gasteiger partial charge in [0.05, 0.1) is 0 Å². The summed E-state index contributed by atoms with van der Waals surface area (Å²) in [7, 11) is 0. The first-order valence-electron chi connectivity index (χ1n) is 5.61. The van der Waals surface area contributed by atoms with Gasteiger partial charge in [0.15, 0.2) is 5.55 Å². The normalized spacial score (nSPS) is 19.9. The molecule has 1 aliphatic carbocycles. The van der Waals surface area contributed by atoms with Gasteiger partial charge in [-0.1, -0.05) is 55.9 Å². The van der Waals surface area contributed by atoms with Crippen molar-refractivity contribution in [2.24, 2.45) is 0 Å². The van der Waals surface area contributed by atoms with Crippen LogP contribution in [0.1, 0.15) is 46.0 Å². The molecule has 1 aliphatic rings. The summed E-state index contributed by atoms with van der Waals surface area (Å²) in [4.78, 5) is 0. The second-order valence-electron chi connectivity index (χ2n) is 3.67. The number of hydrogen-bond donors (Lipinski definition) is 0. The molecule has 0 aromatic carbocycles. The van der Waals surface area contributed by atoms with Crippen molar-refractivity contribution < 1.29 is 4.57 Å². The molecule has 0 radical (unpaired) electrons. The lowest BCUT2D eigenvalue weighted by Crippen LogP contribution is -2.10. The van der Waals surface area contributed by atoms with Crippen LogP contribution < -0.4 is 0 Å². The van der Waals surface area contributed by atoms with Gasteiger partial charge in [0, 0.05) is 5.66 Å². The van der Waals surface area contributed by atoms with Crippen molar-refractivity contribution >= 4 is 28.3 Å². The van der Waals surface area contributed by atoms with Gasteiger partial charge >= 0.3 is 0 Å². The van der Waals surface area contributed by atoms with Crippen LogP contribution in [0.25, 0.3) is 0 Å². The molecule has 0 amide bonds. The van der Waals surface area contributed by atoms with Gasteiger partial charge in [-0.05, 0) is 24.3 Å². The maximum Gasteiger partial charge on any atom is 0.194 e. The highest BCUT2D eigenvalue weighted by molar-refractivity contribution is 8.90. The van der Waals surface area contributed by atoms with Crippen LogP contribution in [0.4, 0.5) is 0 Å². The Morgan fingerprint density at radius 3 is 2.00 bits per heavy atom. The Morgan fingerprint density at radius 1 is 1.07 bits per heavy atom. The molecule has 0 bridgehead atoms. The Kier molecular flexibility index (Phi) is 6.03. The van der Waals surface area contributed by atoms with E-state index in [0.717, 1.165) is 11.5 Å². The molecule has 0 aromatic rings. The van der Waals surface area contributed by atoms with Crippen LogP contribution in [-0.2, 0) is 4.57 Å². The van der Waals surface area contributed by atoms with E-state index in [2.05, 4.69) is 13.8 Å². The zero-order valence-electron chi connectivity index (χ0n) is 9.20. The lowest BCUT2D eigenvalue weighted by molar-refractivity contribution is 0.494. The third kappa shape index (κ3) is 3.50. The van der Waals surface area contributed by atoms with Gasteiger partial charge in [-0.25, -0.2) is 0 Å². The maximum atomic E-state index is 12.7. The van der Waals surface area contributed by atoms with Crippen molar-refractivity contribution in [3.8, 4) is 0 Å². The minimum Gasteiger partial charge on any atom is -0.300 e. The monoisotopic (exact) mass is 252 g/mol. The zero-order chi connectivity index (χ0) is 10.4. The van der Waals surface area contributed by atoms with Crippen molar-refractivity contribution in [1.82, 2.24) is 0 Å². The molecule has 1 fully saturated rings. The summed E-state index contributed by atoms with van der Waals surface area (Å²) >= 11 is 3.46. The van der Waals surface area contributed by atoms with Crippen LogP contribution in [-0.4, -0.2) is 17.2 Å². The van der Waals surface area contributed by atoms with E-state index in [0.29, 0.717) is 5.66 Å². The Bertz CT molecular complexity index is 192. The van der Waals surface area contributed by atoms with Gasteiger partial charge in [0.25, 0.3) is 0 Å². The minimum atomic E-state index is -1.96. The van der Waals surface area contributed by atoms with Crippen LogP contribution >= 0.6 is 28.3 Å². The standard InChI is InChI=1S/C10H21OPS2/c1-3-13-12(11,14-4-2)10-8-6-5-7-9-10/h10H,3-9H2,1-2H3. The molecule has 1 saturated carbocycles. The van der Waals surface area contributed by atoms with Crippen LogP contribution in [0.15, 0.2) is 0 Å². The van der Waals surface area contributed by atoms with Crippen molar-refractivity contribution in [2.45, 2.75) is 51.6 Å². The van der Waals surface area contributed by atoms with Crippen molar-refractivity contribution in [3.05, 3.63) is 0 Å². The summed E-state index contributed by atoms with van der Waals surface area (Å²) in [6, 6.07) is 0. The third-order valence-corrected chi connectivity index (χ3v) is 12.7. The molecule has 0 heterocycles. The van der Waals surface area contributed by atoms with Gasteiger partial charge in [-0.15, -0.1) is 0 Å². The molecule has 0 aromatic heterocycles. The first-order valence-corrected chi connectivity index (χ1v) is 10.6. The van der Waals surface area contributed by atoms with E-state index in [1.165, 1.54) is 32.1 Å². The quantitative estimate of drug-likeness (QED) is 0.640. The lowest BCUT2D eigenvalue weighted by Gasteiger charge is -2.28. The molecule has 0 spiro atoms. The minimum absolute atomic E-state index is 0.520. The fraction of sp³-hybridized carbons (Fsp3) is 1.00. The highest BCUT2D eigenvalue weighted by Gasteiger charge is 2.33. The molecule has 0 aliphatic heterocycles. The largest absolute Gasteiger partial charge is 0.300 e. The van der Waals surface area contributed by atoms with Gasteiger partial charge in [0.2, 0.25) is 0 Å². The first-order chi connectivity index (χ1) is 6.73. The Hall–Kier alpha value is 0.930. The van der Waals surface area contributed by atoms with Crippen molar-refractivity contribution in [3.63, 3.8) is 0 Å². The molecular weight excluding hydrogens is 231 g/mol. The van der Waals surface area contributed by atoms with Gasteiger partial charge in [-0.3, -0.25) is 0 Å². The van der Waals surface area contributed by atoms with Crippen LogP contribution in [0.2, 0.25) is 0 Å². The van der Waals surface area contributed by atoms with Gasteiger partial charge in [0.1, 0.15) is 0 Å². The van der Waals surface area contributed by atoms with E-state index in [1.807, 2.05) is 0 Å². The van der Waals surface area contributed by atoms with Gasteiger partial charge < -0.3 is 4.57 Å². The molecule has 84 valence electrons. The van der Waals surface area contributed by atoms with Crippen LogP contribution in [0.5, 0.6) is 0 Å². The Balaban J connectivity index is 2.59. The maximum absolute atomic E-state index is 12.7. The van der Waals surface area contributed by atoms with E-state index in [1.54, 1.807) is 22.8 Å². The highest BCUT2D eigenvalue weighted by atomic mass is 33.1. The zero-order valence-corrected chi connectivity index (χ0v) is 11.7. The first kappa shape index (κ1) is 13.0. The smallest absolute Gasteiger partial charge is 0.194 e. The Labute approximate surface area is 96.1 Å². The average molecular weight is 252 g/mol. The van der Waals surface area contributed by atoms with Crippen molar-refractivity contribution in [2.75, 3.05) is 11.5 Å². The summed E-state index contributed by atoms with van der Waals surface area (Å²) in [5.74, 6) is 2.00. The summed E-state index contributed by atoms with van der Waals surface area (Å²) in [5.41, 5.74) is -1.44. The molecule has 0 atom stereocenters. The highest BCUT2D eigenvalue weighted by Crippen LogP contribution is 2.74. The second kappa shape index (κ2) is 6.50. The SMILES string of the molecule is CCSP(=O)(SCC)C1CCCCC1. The van der Waals surface area contributed by atoms with Crippen molar-refractivity contribution in [1.29, 1.82) is 0 Å². The molecule has 0 N–H and O–H groups in total. The molecule has 0 saturated heterocycles. The summed E-state index contributed by atoms with van der Waals surface area (Å²) in [6.45, 7) is 4.24. The molecule has 1 rings (SSSR count). The molecule has 4 heteroatoms. The molecule has 1 nitrogen and oxygen atoms in total. The van der Waals surface area contributed by atoms with Crippen LogP contribution in [0, 0.1) is 0 Å². The van der Waals surface area contributed by atoms with E-state index < -0.39 is 5.55 Å². The predicted octanol–water partition coefficient (Wildman–Crippen LogP) is 5.02. The fourth-order valence-electron chi connectivity index (χ4n) is 2.01. The average Bonchev–Trinajstić information content (AvgIpc) is 2.20. The summed E-state index contributed by atoms with van der Waals surface area (Å²) < 4.78 is 12.7. The Morgan fingerprint density at radius 2 is 1.57 bits per heavy atom. The second-order valence-corrected chi connectivity index (χ2v) is 12.6. The summed E-state index contributed by atoms with van der Waals surface area (Å²) in [5, 5.41) is 0. The van der Waals surface area contributed by atoms with E-state index in [-0.39, 0.29) is 0 Å². The predicted molar refractivity (Wildman–Crippen MR) is 70.7 cm³/mol. The van der Waals surface area contributed by atoms with E-state index in [9.17, 15) is 4.57 Å². The molecule has 14 heavy (non-hydrogen) atoms. The molecular formula is C10H21OPS2. The number of hydrogen-bond acceptors (Lipinski definition) is 3. The van der Waals surface area contributed by atoms with E-state index in [4.69, 9.17) is 0 Å². The lowest BCUT2D eigenvalue weighted by atomic mass is 10.0.